The summed E-state index contributed by atoms with van der Waals surface area (Å²) in [5, 5.41) is 9.23. The molecule has 2 heterocycles. The summed E-state index contributed by atoms with van der Waals surface area (Å²) in [7, 11) is 5.62. The molecule has 0 aliphatic carbocycles. The van der Waals surface area contributed by atoms with Crippen molar-refractivity contribution in [1.29, 1.82) is 0 Å². The molecule has 1 aromatic heterocycles. The number of carbonyl (C=O) groups excluding carboxylic acids is 1. The van der Waals surface area contributed by atoms with Gasteiger partial charge in [0.1, 0.15) is 0 Å². The fourth-order valence-corrected chi connectivity index (χ4v) is 3.89. The number of imidazole rings is 1. The molecule has 1 aliphatic rings. The Hall–Kier alpha value is -3.47. The van der Waals surface area contributed by atoms with Crippen LogP contribution in [0.2, 0.25) is 0 Å². The summed E-state index contributed by atoms with van der Waals surface area (Å²) < 4.78 is 54.4. The predicted octanol–water partition coefficient (Wildman–Crippen LogP) is 3.39. The first-order chi connectivity index (χ1) is 16.1. The number of anilines is 1. The molecule has 2 aromatic carbocycles. The van der Waals surface area contributed by atoms with Gasteiger partial charge >= 0.3 is 194 Å². The van der Waals surface area contributed by atoms with Gasteiger partial charge in [-0.25, -0.2) is 0 Å². The fourth-order valence-electron chi connectivity index (χ4n) is 3.89. The van der Waals surface area contributed by atoms with Gasteiger partial charge in [-0.3, -0.25) is 0 Å². The summed E-state index contributed by atoms with van der Waals surface area (Å²) in [5.74, 6) is 0.254. The summed E-state index contributed by atoms with van der Waals surface area (Å²) in [6.45, 7) is 0.336. The van der Waals surface area contributed by atoms with Crippen LogP contribution in [0.4, 0.5) is 28.2 Å². The summed E-state index contributed by atoms with van der Waals surface area (Å²) in [4.78, 5) is 20.3. The number of aromatic nitrogens is 2. The Morgan fingerprint density at radius 2 is 1.71 bits per heavy atom. The van der Waals surface area contributed by atoms with Crippen LogP contribution in [0.5, 0.6) is 0 Å². The minimum absolute atomic E-state index is 0.112. The first kappa shape index (κ1) is 23.7. The molecule has 2 amide bonds. The third-order valence-electron chi connectivity index (χ3n) is 5.65. The number of aliphatic hydroxyl groups is 1. The van der Waals surface area contributed by atoms with Gasteiger partial charge in [-0.15, -0.1) is 0 Å². The van der Waals surface area contributed by atoms with E-state index in [1.165, 1.54) is 34.1 Å². The van der Waals surface area contributed by atoms with Crippen molar-refractivity contribution in [2.45, 2.75) is 19.1 Å². The van der Waals surface area contributed by atoms with Gasteiger partial charge in [-0.2, -0.15) is 0 Å². The molecule has 4 rings (SSSR count). The van der Waals surface area contributed by atoms with Crippen molar-refractivity contribution in [3.63, 3.8) is 0 Å². The fraction of sp³-hybridized carbons (Fsp3) is 0.261. The molecule has 6 nitrogen and oxygen atoms in total. The van der Waals surface area contributed by atoms with E-state index in [0.29, 0.717) is 34.9 Å². The number of hydrogen-bond acceptors (Lipinski definition) is 3. The van der Waals surface area contributed by atoms with E-state index in [-0.39, 0.29) is 25.7 Å². The molecular formula is C23H21BF4N4O2. The maximum absolute atomic E-state index is 13.4. The van der Waals surface area contributed by atoms with E-state index in [9.17, 15) is 27.5 Å². The quantitative estimate of drug-likeness (QED) is 0.442. The van der Waals surface area contributed by atoms with Crippen molar-refractivity contribution in [3.8, 4) is 11.4 Å². The molecule has 0 radical (unpaired) electrons. The SMILES string of the molecule is B=C1c2c(nc(-c3ccc(C(F)(F)F)cc3)n2Cc2ccc(F)cc2)N(C)C(=O)N1CCCO. The normalized spacial score (nSPS) is 14.0. The number of aliphatic hydroxyl groups excluding tert-OH is 1. The molecule has 0 spiro atoms. The Bertz CT molecular complexity index is 1220. The molecule has 3 aromatic rings. The zero-order chi connectivity index (χ0) is 24.6. The van der Waals surface area contributed by atoms with E-state index in [1.54, 1.807) is 23.7 Å². The molecule has 0 unspecified atom stereocenters. The maximum atomic E-state index is 13.4. The molecule has 0 fully saturated rings. The Morgan fingerprint density at radius 1 is 1.06 bits per heavy atom. The molecule has 0 atom stereocenters. The van der Waals surface area contributed by atoms with E-state index in [2.05, 4.69) is 12.5 Å². The van der Waals surface area contributed by atoms with Crippen LogP contribution in [0, 0.1) is 5.82 Å². The first-order valence-corrected chi connectivity index (χ1v) is 10.5. The van der Waals surface area contributed by atoms with E-state index in [0.717, 1.165) is 17.7 Å². The number of urea groups is 1. The molecule has 34 heavy (non-hydrogen) atoms. The van der Waals surface area contributed by atoms with Crippen LogP contribution >= 0.6 is 0 Å². The van der Waals surface area contributed by atoms with Gasteiger partial charge < -0.3 is 0 Å². The van der Waals surface area contributed by atoms with Crippen LogP contribution < -0.4 is 4.90 Å². The van der Waals surface area contributed by atoms with Crippen LogP contribution in [-0.2, 0) is 12.7 Å². The van der Waals surface area contributed by atoms with Crippen molar-refractivity contribution in [1.82, 2.24) is 14.5 Å². The molecule has 0 bridgehead atoms. The van der Waals surface area contributed by atoms with Gasteiger partial charge in [0.05, 0.1) is 0 Å². The van der Waals surface area contributed by atoms with Gasteiger partial charge in [-0.05, 0) is 0 Å². The number of fused-ring (bicyclic) bond motifs is 1. The Labute approximate surface area is 194 Å². The molecule has 1 aliphatic heterocycles. The predicted molar refractivity (Wildman–Crippen MR) is 122 cm³/mol. The van der Waals surface area contributed by atoms with Gasteiger partial charge in [0.25, 0.3) is 0 Å². The molecule has 176 valence electrons. The van der Waals surface area contributed by atoms with Crippen LogP contribution in [0.1, 0.15) is 23.2 Å². The van der Waals surface area contributed by atoms with Gasteiger partial charge in [0.2, 0.25) is 0 Å². The number of benzene rings is 2. The number of rotatable bonds is 6. The van der Waals surface area contributed by atoms with Crippen molar-refractivity contribution in [3.05, 3.63) is 71.2 Å². The van der Waals surface area contributed by atoms with E-state index in [1.807, 2.05) is 0 Å². The average Bonchev–Trinajstić information content (AvgIpc) is 3.18. The number of hydrogen-bond donors (Lipinski definition) is 1. The molecule has 0 saturated heterocycles. The second-order valence-electron chi connectivity index (χ2n) is 7.91. The Kier molecular flexibility index (Phi) is 6.31. The average molecular weight is 472 g/mol. The third-order valence-corrected chi connectivity index (χ3v) is 5.65. The second-order valence-corrected chi connectivity index (χ2v) is 7.91. The number of alkyl halides is 3. The van der Waals surface area contributed by atoms with Gasteiger partial charge in [-0.1, -0.05) is 0 Å². The van der Waals surface area contributed by atoms with Crippen LogP contribution in [0.3, 0.4) is 0 Å². The number of nitrogens with zero attached hydrogens (tertiary/aromatic N) is 4. The van der Waals surface area contributed by atoms with Crippen molar-refractivity contribution in [2.75, 3.05) is 25.1 Å². The zero-order valence-corrected chi connectivity index (χ0v) is 18.3. The third kappa shape index (κ3) is 4.35. The monoisotopic (exact) mass is 472 g/mol. The zero-order valence-electron chi connectivity index (χ0n) is 18.3. The number of carbonyl (C=O) groups is 1. The Balaban J connectivity index is 1.86. The van der Waals surface area contributed by atoms with Crippen LogP contribution in [-0.4, -0.2) is 58.9 Å². The molecular weight excluding hydrogens is 451 g/mol. The number of halogens is 4. The molecule has 0 saturated carbocycles. The summed E-state index contributed by atoms with van der Waals surface area (Å²) in [5.41, 5.74) is 1.23. The van der Waals surface area contributed by atoms with Crippen LogP contribution in [0.25, 0.3) is 11.4 Å². The van der Waals surface area contributed by atoms with Gasteiger partial charge in [0.15, 0.2) is 0 Å². The first-order valence-electron chi connectivity index (χ1n) is 10.5. The minimum atomic E-state index is -4.48. The topological polar surface area (TPSA) is 61.6 Å². The van der Waals surface area contributed by atoms with Crippen molar-refractivity contribution >= 4 is 24.9 Å². The summed E-state index contributed by atoms with van der Waals surface area (Å²) >= 11 is 0. The molecule has 1 N–H and O–H groups in total. The van der Waals surface area contributed by atoms with Gasteiger partial charge in [0, 0.05) is 0 Å². The standard InChI is InChI=1S/C23H21BF4N4O2/c1-30-21-18(19(24)31(22(30)34)11-2-12-33)32(13-14-3-9-17(25)10-4-14)20(29-21)15-5-7-16(8-6-15)23(26,27)28/h3-10,24,33H,2,11-13H2,1H3. The van der Waals surface area contributed by atoms with Crippen LogP contribution in [0.15, 0.2) is 48.5 Å². The number of amides is 2. The van der Waals surface area contributed by atoms with E-state index >= 15 is 0 Å². The molecule has 11 heteroatoms. The van der Waals surface area contributed by atoms with Crippen molar-refractivity contribution in [2.24, 2.45) is 0 Å². The Morgan fingerprint density at radius 3 is 2.29 bits per heavy atom. The van der Waals surface area contributed by atoms with E-state index < -0.39 is 17.6 Å². The second kappa shape index (κ2) is 9.05. The van der Waals surface area contributed by atoms with Crippen molar-refractivity contribution < 1.29 is 27.5 Å². The summed E-state index contributed by atoms with van der Waals surface area (Å²) in [6.07, 6.45) is -4.14. The summed E-state index contributed by atoms with van der Waals surface area (Å²) in [6, 6.07) is 10.0. The van der Waals surface area contributed by atoms with E-state index in [4.69, 9.17) is 0 Å².